The predicted molar refractivity (Wildman–Crippen MR) is 74.4 cm³/mol. The van der Waals surface area contributed by atoms with Crippen molar-refractivity contribution in [3.63, 3.8) is 0 Å². The summed E-state index contributed by atoms with van der Waals surface area (Å²) in [7, 11) is 0. The number of benzene rings is 2. The van der Waals surface area contributed by atoms with Gasteiger partial charge in [-0.2, -0.15) is 0 Å². The minimum absolute atomic E-state index is 0.200. The van der Waals surface area contributed by atoms with Gasteiger partial charge in [-0.05, 0) is 35.9 Å². The van der Waals surface area contributed by atoms with Gasteiger partial charge in [0.25, 0.3) is 0 Å². The van der Waals surface area contributed by atoms with Crippen LogP contribution in [0.1, 0.15) is 11.1 Å². The Labute approximate surface area is 119 Å². The van der Waals surface area contributed by atoms with Gasteiger partial charge in [0.05, 0.1) is 0 Å². The van der Waals surface area contributed by atoms with Gasteiger partial charge in [0.1, 0.15) is 18.2 Å². The van der Waals surface area contributed by atoms with Crippen molar-refractivity contribution in [3.8, 4) is 5.75 Å². The van der Waals surface area contributed by atoms with Gasteiger partial charge in [0.15, 0.2) is 0 Å². The zero-order valence-corrected chi connectivity index (χ0v) is 11.8. The molecule has 0 heterocycles. The summed E-state index contributed by atoms with van der Waals surface area (Å²) in [5.41, 5.74) is 1.54. The Bertz CT molecular complexity index is 528. The van der Waals surface area contributed by atoms with Crippen molar-refractivity contribution < 1.29 is 9.13 Å². The number of rotatable bonds is 4. The third-order valence-electron chi connectivity index (χ3n) is 2.48. The second-order valence-electron chi connectivity index (χ2n) is 3.80. The molecule has 0 atom stereocenters. The molecule has 0 bridgehead atoms. The first-order valence-corrected chi connectivity index (χ1v) is 6.73. The van der Waals surface area contributed by atoms with Crippen LogP contribution in [0.15, 0.2) is 46.9 Å². The van der Waals surface area contributed by atoms with E-state index in [9.17, 15) is 4.39 Å². The highest BCUT2D eigenvalue weighted by molar-refractivity contribution is 9.10. The highest BCUT2D eigenvalue weighted by Crippen LogP contribution is 2.19. The fraction of sp³-hybridized carbons (Fsp3) is 0.143. The quantitative estimate of drug-likeness (QED) is 0.725. The Morgan fingerprint density at radius 1 is 1.11 bits per heavy atom. The molecule has 0 unspecified atom stereocenters. The third-order valence-corrected chi connectivity index (χ3v) is 3.28. The third kappa shape index (κ3) is 3.47. The highest BCUT2D eigenvalue weighted by Gasteiger charge is 2.04. The van der Waals surface area contributed by atoms with E-state index in [0.29, 0.717) is 17.2 Å². The number of alkyl halides is 1. The number of halogens is 3. The molecule has 0 aliphatic heterocycles. The Morgan fingerprint density at radius 3 is 2.50 bits per heavy atom. The smallest absolute Gasteiger partial charge is 0.129 e. The molecule has 0 aliphatic carbocycles. The Morgan fingerprint density at radius 2 is 1.83 bits per heavy atom. The van der Waals surface area contributed by atoms with Crippen LogP contribution in [0.3, 0.4) is 0 Å². The van der Waals surface area contributed by atoms with E-state index in [1.807, 2.05) is 24.3 Å². The molecule has 0 saturated carbocycles. The van der Waals surface area contributed by atoms with Gasteiger partial charge in [-0.1, -0.05) is 28.1 Å². The van der Waals surface area contributed by atoms with E-state index in [2.05, 4.69) is 15.9 Å². The van der Waals surface area contributed by atoms with Gasteiger partial charge in [0.2, 0.25) is 0 Å². The summed E-state index contributed by atoms with van der Waals surface area (Å²) in [5, 5.41) is 0. The van der Waals surface area contributed by atoms with Crippen molar-refractivity contribution in [1.82, 2.24) is 0 Å². The lowest BCUT2D eigenvalue weighted by atomic mass is 10.2. The summed E-state index contributed by atoms with van der Waals surface area (Å²) < 4.78 is 19.8. The van der Waals surface area contributed by atoms with Crippen LogP contribution in [-0.2, 0) is 12.5 Å². The predicted octanol–water partition coefficient (Wildman–Crippen LogP) is 4.91. The minimum atomic E-state index is -0.268. The summed E-state index contributed by atoms with van der Waals surface area (Å²) in [4.78, 5) is 0. The standard InChI is InChI=1S/C14H11BrClFO/c15-12-3-6-14(17)11(7-12)9-18-13-4-1-10(8-16)2-5-13/h1-7H,8-9H2. The maximum absolute atomic E-state index is 13.5. The van der Waals surface area contributed by atoms with Crippen molar-refractivity contribution >= 4 is 27.5 Å². The number of ether oxygens (including phenoxy) is 1. The topological polar surface area (TPSA) is 9.23 Å². The molecular formula is C14H11BrClFO. The van der Waals surface area contributed by atoms with E-state index >= 15 is 0 Å². The van der Waals surface area contributed by atoms with E-state index < -0.39 is 0 Å². The molecule has 94 valence electrons. The van der Waals surface area contributed by atoms with E-state index in [0.717, 1.165) is 10.0 Å². The normalized spacial score (nSPS) is 10.4. The maximum atomic E-state index is 13.5. The summed E-state index contributed by atoms with van der Waals surface area (Å²) >= 11 is 9.00. The highest BCUT2D eigenvalue weighted by atomic mass is 79.9. The summed E-state index contributed by atoms with van der Waals surface area (Å²) in [6.07, 6.45) is 0. The van der Waals surface area contributed by atoms with Gasteiger partial charge < -0.3 is 4.74 Å². The molecule has 0 aromatic heterocycles. The lowest BCUT2D eigenvalue weighted by Gasteiger charge is -2.08. The van der Waals surface area contributed by atoms with Crippen LogP contribution in [0.2, 0.25) is 0 Å². The first-order valence-electron chi connectivity index (χ1n) is 5.40. The van der Waals surface area contributed by atoms with Gasteiger partial charge in [-0.3, -0.25) is 0 Å². The monoisotopic (exact) mass is 328 g/mol. The summed E-state index contributed by atoms with van der Waals surface area (Å²) in [6.45, 7) is 0.200. The first kappa shape index (κ1) is 13.4. The summed E-state index contributed by atoms with van der Waals surface area (Å²) in [5.74, 6) is 0.902. The maximum Gasteiger partial charge on any atom is 0.129 e. The van der Waals surface area contributed by atoms with Crippen LogP contribution in [0, 0.1) is 5.82 Å². The summed E-state index contributed by atoms with van der Waals surface area (Å²) in [6, 6.07) is 12.2. The van der Waals surface area contributed by atoms with Crippen LogP contribution in [0.4, 0.5) is 4.39 Å². The van der Waals surface area contributed by atoms with Crippen molar-refractivity contribution in [3.05, 3.63) is 63.9 Å². The molecule has 2 aromatic carbocycles. The molecule has 0 spiro atoms. The van der Waals surface area contributed by atoms with Crippen LogP contribution < -0.4 is 4.74 Å². The molecule has 2 rings (SSSR count). The lowest BCUT2D eigenvalue weighted by molar-refractivity contribution is 0.299. The van der Waals surface area contributed by atoms with E-state index in [1.165, 1.54) is 6.07 Å². The van der Waals surface area contributed by atoms with E-state index in [-0.39, 0.29) is 12.4 Å². The molecule has 0 aliphatic rings. The second kappa shape index (κ2) is 6.21. The van der Waals surface area contributed by atoms with Gasteiger partial charge in [-0.25, -0.2) is 4.39 Å². The molecule has 2 aromatic rings. The zero-order chi connectivity index (χ0) is 13.0. The minimum Gasteiger partial charge on any atom is -0.489 e. The average Bonchev–Trinajstić information content (AvgIpc) is 2.40. The first-order chi connectivity index (χ1) is 8.69. The molecule has 0 N–H and O–H groups in total. The van der Waals surface area contributed by atoms with Crippen LogP contribution in [-0.4, -0.2) is 0 Å². The van der Waals surface area contributed by atoms with Crippen LogP contribution >= 0.6 is 27.5 Å². The molecule has 0 fully saturated rings. The fourth-order valence-electron chi connectivity index (χ4n) is 1.49. The number of hydrogen-bond donors (Lipinski definition) is 0. The van der Waals surface area contributed by atoms with Crippen LogP contribution in [0.25, 0.3) is 0 Å². The molecular weight excluding hydrogens is 319 g/mol. The largest absolute Gasteiger partial charge is 0.489 e. The van der Waals surface area contributed by atoms with E-state index in [1.54, 1.807) is 12.1 Å². The Hall–Kier alpha value is -1.06. The van der Waals surface area contributed by atoms with Crippen molar-refractivity contribution in [2.45, 2.75) is 12.5 Å². The molecule has 0 radical (unpaired) electrons. The molecule has 1 nitrogen and oxygen atoms in total. The second-order valence-corrected chi connectivity index (χ2v) is 4.98. The van der Waals surface area contributed by atoms with Crippen molar-refractivity contribution in [2.75, 3.05) is 0 Å². The Kier molecular flexibility index (Phi) is 4.61. The zero-order valence-electron chi connectivity index (χ0n) is 9.50. The molecule has 0 amide bonds. The Balaban J connectivity index is 2.04. The average molecular weight is 330 g/mol. The molecule has 0 saturated heterocycles. The fourth-order valence-corrected chi connectivity index (χ4v) is 2.08. The van der Waals surface area contributed by atoms with Crippen molar-refractivity contribution in [1.29, 1.82) is 0 Å². The van der Waals surface area contributed by atoms with Gasteiger partial charge in [0, 0.05) is 15.9 Å². The molecule has 18 heavy (non-hydrogen) atoms. The lowest BCUT2D eigenvalue weighted by Crippen LogP contribution is -1.98. The van der Waals surface area contributed by atoms with Crippen LogP contribution in [0.5, 0.6) is 5.75 Å². The molecule has 4 heteroatoms. The van der Waals surface area contributed by atoms with Gasteiger partial charge >= 0.3 is 0 Å². The van der Waals surface area contributed by atoms with Crippen molar-refractivity contribution in [2.24, 2.45) is 0 Å². The SMILES string of the molecule is Fc1ccc(Br)cc1COc1ccc(CCl)cc1. The number of hydrogen-bond acceptors (Lipinski definition) is 1. The van der Waals surface area contributed by atoms with Gasteiger partial charge in [-0.15, -0.1) is 11.6 Å². The van der Waals surface area contributed by atoms with E-state index in [4.69, 9.17) is 16.3 Å².